The topological polar surface area (TPSA) is 41.6 Å². The van der Waals surface area contributed by atoms with E-state index in [9.17, 15) is 4.79 Å². The fraction of sp³-hybridized carbons (Fsp3) is 0.929. The summed E-state index contributed by atoms with van der Waals surface area (Å²) in [4.78, 5) is 14.1. The molecule has 2 aliphatic rings. The van der Waals surface area contributed by atoms with Crippen molar-refractivity contribution in [3.8, 4) is 0 Å². The Morgan fingerprint density at radius 3 is 2.44 bits per heavy atom. The molecule has 2 rings (SSSR count). The van der Waals surface area contributed by atoms with Crippen molar-refractivity contribution in [1.82, 2.24) is 10.2 Å². The molecule has 104 valence electrons. The van der Waals surface area contributed by atoms with E-state index in [1.54, 1.807) is 0 Å². The fourth-order valence-electron chi connectivity index (χ4n) is 3.17. The van der Waals surface area contributed by atoms with Crippen LogP contribution in [0.5, 0.6) is 0 Å². The summed E-state index contributed by atoms with van der Waals surface area (Å²) in [6, 6.07) is 0.464. The summed E-state index contributed by atoms with van der Waals surface area (Å²) in [6.07, 6.45) is 5.08. The highest BCUT2D eigenvalue weighted by Crippen LogP contribution is 2.23. The third kappa shape index (κ3) is 3.61. The average molecular weight is 254 g/mol. The Bertz CT molecular complexity index is 286. The number of hydrogen-bond acceptors (Lipinski definition) is 2. The quantitative estimate of drug-likeness (QED) is 0.780. The fourth-order valence-corrected chi connectivity index (χ4v) is 3.17. The van der Waals surface area contributed by atoms with Gasteiger partial charge in [-0.05, 0) is 32.6 Å². The Hall–Kier alpha value is -0.770. The highest BCUT2D eigenvalue weighted by Gasteiger charge is 2.28. The van der Waals surface area contributed by atoms with Gasteiger partial charge in [0.1, 0.15) is 0 Å². The second kappa shape index (κ2) is 5.91. The first-order valence-electron chi connectivity index (χ1n) is 7.25. The van der Waals surface area contributed by atoms with Crippen LogP contribution in [0.15, 0.2) is 0 Å². The van der Waals surface area contributed by atoms with Gasteiger partial charge in [0, 0.05) is 19.1 Å². The molecule has 0 aromatic rings. The maximum atomic E-state index is 12.2. The minimum Gasteiger partial charge on any atom is -0.372 e. The molecule has 4 unspecified atom stereocenters. The minimum atomic E-state index is 0.0936. The lowest BCUT2D eigenvalue weighted by atomic mass is 9.87. The molecule has 4 atom stereocenters. The van der Waals surface area contributed by atoms with Crippen LogP contribution < -0.4 is 5.32 Å². The number of carbonyl (C=O) groups excluding carboxylic acids is 1. The van der Waals surface area contributed by atoms with E-state index in [0.717, 1.165) is 18.8 Å². The molecule has 0 bridgehead atoms. The summed E-state index contributed by atoms with van der Waals surface area (Å²) in [5.41, 5.74) is 0. The number of ether oxygens (including phenoxy) is 1. The first-order valence-corrected chi connectivity index (χ1v) is 7.25. The largest absolute Gasteiger partial charge is 0.372 e. The number of rotatable bonds is 1. The molecule has 2 fully saturated rings. The second-order valence-corrected chi connectivity index (χ2v) is 6.08. The Balaban J connectivity index is 1.83. The van der Waals surface area contributed by atoms with Gasteiger partial charge in [0.05, 0.1) is 12.2 Å². The Morgan fingerprint density at radius 1 is 1.17 bits per heavy atom. The van der Waals surface area contributed by atoms with E-state index in [-0.39, 0.29) is 18.2 Å². The molecule has 1 saturated heterocycles. The van der Waals surface area contributed by atoms with Crippen LogP contribution in [0.4, 0.5) is 4.79 Å². The predicted octanol–water partition coefficient (Wildman–Crippen LogP) is 2.38. The Morgan fingerprint density at radius 2 is 1.83 bits per heavy atom. The maximum absolute atomic E-state index is 12.2. The van der Waals surface area contributed by atoms with Crippen molar-refractivity contribution < 1.29 is 9.53 Å². The van der Waals surface area contributed by atoms with Gasteiger partial charge in [-0.2, -0.15) is 0 Å². The lowest BCUT2D eigenvalue weighted by molar-refractivity contribution is -0.0549. The van der Waals surface area contributed by atoms with Crippen molar-refractivity contribution in [2.24, 2.45) is 5.92 Å². The van der Waals surface area contributed by atoms with Gasteiger partial charge in [0.2, 0.25) is 0 Å². The zero-order valence-corrected chi connectivity index (χ0v) is 11.8. The van der Waals surface area contributed by atoms with Gasteiger partial charge in [-0.25, -0.2) is 4.79 Å². The van der Waals surface area contributed by atoms with Crippen LogP contribution in [0.25, 0.3) is 0 Å². The molecule has 2 amide bonds. The zero-order valence-electron chi connectivity index (χ0n) is 11.8. The highest BCUT2D eigenvalue weighted by atomic mass is 16.5. The van der Waals surface area contributed by atoms with Gasteiger partial charge in [0.25, 0.3) is 0 Å². The van der Waals surface area contributed by atoms with Gasteiger partial charge >= 0.3 is 6.03 Å². The van der Waals surface area contributed by atoms with E-state index < -0.39 is 0 Å². The number of urea groups is 1. The van der Waals surface area contributed by atoms with E-state index in [1.807, 2.05) is 18.7 Å². The molecule has 0 spiro atoms. The highest BCUT2D eigenvalue weighted by molar-refractivity contribution is 5.74. The summed E-state index contributed by atoms with van der Waals surface area (Å²) < 4.78 is 5.65. The van der Waals surface area contributed by atoms with E-state index in [4.69, 9.17) is 4.74 Å². The summed E-state index contributed by atoms with van der Waals surface area (Å²) >= 11 is 0. The number of morpholine rings is 1. The van der Waals surface area contributed by atoms with Crippen molar-refractivity contribution in [1.29, 1.82) is 0 Å². The third-order valence-electron chi connectivity index (χ3n) is 3.97. The maximum Gasteiger partial charge on any atom is 0.317 e. The van der Waals surface area contributed by atoms with Crippen LogP contribution in [0, 0.1) is 5.92 Å². The lowest BCUT2D eigenvalue weighted by Crippen LogP contribution is -2.53. The number of nitrogens with one attached hydrogen (secondary N) is 1. The van der Waals surface area contributed by atoms with E-state index >= 15 is 0 Å². The van der Waals surface area contributed by atoms with Crippen LogP contribution in [0.1, 0.15) is 46.5 Å². The second-order valence-electron chi connectivity index (χ2n) is 6.08. The molecule has 1 aliphatic heterocycles. The first-order chi connectivity index (χ1) is 8.54. The lowest BCUT2D eigenvalue weighted by Gasteiger charge is -2.37. The molecule has 4 nitrogen and oxygen atoms in total. The first kappa shape index (κ1) is 13.7. The standard InChI is InChI=1S/C14H26N2O2/c1-10-5-4-6-13(7-10)15-14(17)16-8-11(2)18-12(3)9-16/h10-13H,4-9H2,1-3H3,(H,15,17). The molecule has 1 saturated carbocycles. The number of nitrogens with zero attached hydrogens (tertiary/aromatic N) is 1. The van der Waals surface area contributed by atoms with Crippen molar-refractivity contribution >= 4 is 6.03 Å². The van der Waals surface area contributed by atoms with Crippen LogP contribution in [-0.4, -0.2) is 42.3 Å². The van der Waals surface area contributed by atoms with E-state index in [0.29, 0.717) is 19.1 Å². The Kier molecular flexibility index (Phi) is 4.49. The molecule has 1 N–H and O–H groups in total. The van der Waals surface area contributed by atoms with Gasteiger partial charge in [0.15, 0.2) is 0 Å². The average Bonchev–Trinajstić information content (AvgIpc) is 2.27. The van der Waals surface area contributed by atoms with Crippen molar-refractivity contribution in [3.63, 3.8) is 0 Å². The van der Waals surface area contributed by atoms with Crippen LogP contribution in [0.3, 0.4) is 0 Å². The Labute approximate surface area is 110 Å². The van der Waals surface area contributed by atoms with Crippen LogP contribution in [-0.2, 0) is 4.74 Å². The molecule has 1 aliphatic carbocycles. The molecule has 0 radical (unpaired) electrons. The smallest absolute Gasteiger partial charge is 0.317 e. The van der Waals surface area contributed by atoms with E-state index in [2.05, 4.69) is 12.2 Å². The predicted molar refractivity (Wildman–Crippen MR) is 71.5 cm³/mol. The molecule has 0 aromatic carbocycles. The zero-order chi connectivity index (χ0) is 13.1. The number of carbonyl (C=O) groups is 1. The van der Waals surface area contributed by atoms with Gasteiger partial charge in [-0.3, -0.25) is 0 Å². The monoisotopic (exact) mass is 254 g/mol. The SMILES string of the molecule is CC1CCCC(NC(=O)N2CC(C)OC(C)C2)C1. The molecule has 1 heterocycles. The van der Waals surface area contributed by atoms with Crippen LogP contribution in [0.2, 0.25) is 0 Å². The van der Waals surface area contributed by atoms with Crippen molar-refractivity contribution in [3.05, 3.63) is 0 Å². The molecule has 0 aromatic heterocycles. The number of amides is 2. The van der Waals surface area contributed by atoms with Crippen molar-refractivity contribution in [2.75, 3.05) is 13.1 Å². The van der Waals surface area contributed by atoms with Gasteiger partial charge < -0.3 is 15.0 Å². The molecular weight excluding hydrogens is 228 g/mol. The normalized spacial score (nSPS) is 37.4. The van der Waals surface area contributed by atoms with Gasteiger partial charge in [-0.1, -0.05) is 19.8 Å². The summed E-state index contributed by atoms with van der Waals surface area (Å²) in [5, 5.41) is 3.19. The molecule has 4 heteroatoms. The van der Waals surface area contributed by atoms with Gasteiger partial charge in [-0.15, -0.1) is 0 Å². The summed E-state index contributed by atoms with van der Waals surface area (Å²) in [7, 11) is 0. The van der Waals surface area contributed by atoms with E-state index in [1.165, 1.54) is 12.8 Å². The number of hydrogen-bond donors (Lipinski definition) is 1. The molecular formula is C14H26N2O2. The van der Waals surface area contributed by atoms with Crippen LogP contribution >= 0.6 is 0 Å². The molecule has 18 heavy (non-hydrogen) atoms. The minimum absolute atomic E-state index is 0.0936. The summed E-state index contributed by atoms with van der Waals surface area (Å²) in [5.74, 6) is 0.742. The third-order valence-corrected chi connectivity index (χ3v) is 3.97. The van der Waals surface area contributed by atoms with Crippen molar-refractivity contribution in [2.45, 2.75) is 64.7 Å². The summed E-state index contributed by atoms with van der Waals surface area (Å²) in [6.45, 7) is 7.74.